The Morgan fingerprint density at radius 1 is 1.19 bits per heavy atom. The summed E-state index contributed by atoms with van der Waals surface area (Å²) in [5.41, 5.74) is 0.992. The Labute approximate surface area is 152 Å². The molecular weight excluding hydrogens is 347 g/mol. The Morgan fingerprint density at radius 2 is 1.85 bits per heavy atom. The quantitative estimate of drug-likeness (QED) is 0.595. The SMILES string of the molecule is CN=C(NCCC(F)(F)F)NCC1(c2ccc(OC)cc2)CCOCC1. The number of nitrogens with zero attached hydrogens (tertiary/aromatic N) is 1. The predicted molar refractivity (Wildman–Crippen MR) is 94.8 cm³/mol. The highest BCUT2D eigenvalue weighted by Gasteiger charge is 2.34. The van der Waals surface area contributed by atoms with Crippen molar-refractivity contribution in [3.8, 4) is 5.75 Å². The largest absolute Gasteiger partial charge is 0.497 e. The zero-order valence-corrected chi connectivity index (χ0v) is 15.2. The van der Waals surface area contributed by atoms with Gasteiger partial charge >= 0.3 is 6.18 Å². The van der Waals surface area contributed by atoms with Gasteiger partial charge in [-0.3, -0.25) is 4.99 Å². The fourth-order valence-electron chi connectivity index (χ4n) is 3.07. The lowest BCUT2D eigenvalue weighted by Gasteiger charge is -2.38. The number of guanidine groups is 1. The first-order valence-electron chi connectivity index (χ1n) is 8.62. The van der Waals surface area contributed by atoms with Crippen LogP contribution >= 0.6 is 0 Å². The van der Waals surface area contributed by atoms with Gasteiger partial charge in [0.15, 0.2) is 5.96 Å². The molecule has 2 rings (SSSR count). The summed E-state index contributed by atoms with van der Waals surface area (Å²) in [6, 6.07) is 7.91. The molecule has 2 N–H and O–H groups in total. The average Bonchev–Trinajstić information content (AvgIpc) is 2.64. The summed E-state index contributed by atoms with van der Waals surface area (Å²) in [5.74, 6) is 1.15. The molecule has 1 aromatic carbocycles. The van der Waals surface area contributed by atoms with Gasteiger partial charge in [0.05, 0.1) is 13.5 Å². The molecule has 0 spiro atoms. The van der Waals surface area contributed by atoms with E-state index < -0.39 is 12.6 Å². The molecular formula is C18H26F3N3O2. The van der Waals surface area contributed by atoms with E-state index in [1.54, 1.807) is 14.2 Å². The van der Waals surface area contributed by atoms with Crippen molar-refractivity contribution in [2.45, 2.75) is 30.9 Å². The second-order valence-electron chi connectivity index (χ2n) is 6.34. The number of rotatable bonds is 6. The van der Waals surface area contributed by atoms with Crippen molar-refractivity contribution in [3.05, 3.63) is 29.8 Å². The van der Waals surface area contributed by atoms with Gasteiger partial charge in [-0.25, -0.2) is 0 Å². The van der Waals surface area contributed by atoms with E-state index in [-0.39, 0.29) is 12.0 Å². The lowest BCUT2D eigenvalue weighted by atomic mass is 9.74. The molecule has 0 aromatic heterocycles. The maximum absolute atomic E-state index is 12.3. The number of ether oxygens (including phenoxy) is 2. The third kappa shape index (κ3) is 5.79. The molecule has 0 bridgehead atoms. The van der Waals surface area contributed by atoms with Crippen LogP contribution in [0.2, 0.25) is 0 Å². The lowest BCUT2D eigenvalue weighted by molar-refractivity contribution is -0.132. The minimum Gasteiger partial charge on any atom is -0.497 e. The number of methoxy groups -OCH3 is 1. The van der Waals surface area contributed by atoms with Crippen molar-refractivity contribution in [1.82, 2.24) is 10.6 Å². The number of benzene rings is 1. The number of nitrogens with one attached hydrogen (secondary N) is 2. The molecule has 5 nitrogen and oxygen atoms in total. The molecule has 0 aliphatic carbocycles. The van der Waals surface area contributed by atoms with Gasteiger partial charge in [-0.05, 0) is 30.5 Å². The van der Waals surface area contributed by atoms with Crippen LogP contribution in [-0.2, 0) is 10.2 Å². The normalized spacial score (nSPS) is 17.7. The van der Waals surface area contributed by atoms with Gasteiger partial charge in [-0.2, -0.15) is 13.2 Å². The van der Waals surface area contributed by atoms with Crippen LogP contribution in [0.1, 0.15) is 24.8 Å². The highest BCUT2D eigenvalue weighted by atomic mass is 19.4. The predicted octanol–water partition coefficient (Wildman–Crippen LogP) is 2.86. The maximum Gasteiger partial charge on any atom is 0.390 e. The van der Waals surface area contributed by atoms with Gasteiger partial charge < -0.3 is 20.1 Å². The summed E-state index contributed by atoms with van der Waals surface area (Å²) >= 11 is 0. The summed E-state index contributed by atoms with van der Waals surface area (Å²) < 4.78 is 47.6. The minimum absolute atomic E-state index is 0.161. The van der Waals surface area contributed by atoms with Crippen LogP contribution in [0.15, 0.2) is 29.3 Å². The highest BCUT2D eigenvalue weighted by molar-refractivity contribution is 5.79. The smallest absolute Gasteiger partial charge is 0.390 e. The van der Waals surface area contributed by atoms with Crippen molar-refractivity contribution >= 4 is 5.96 Å². The van der Waals surface area contributed by atoms with E-state index in [2.05, 4.69) is 15.6 Å². The van der Waals surface area contributed by atoms with Crippen LogP contribution in [0, 0.1) is 0 Å². The number of hydrogen-bond donors (Lipinski definition) is 2. The molecule has 0 amide bonds. The van der Waals surface area contributed by atoms with E-state index in [0.717, 1.165) is 24.2 Å². The molecule has 1 aromatic rings. The van der Waals surface area contributed by atoms with Gasteiger partial charge in [-0.1, -0.05) is 12.1 Å². The van der Waals surface area contributed by atoms with Gasteiger partial charge in [0.1, 0.15) is 5.75 Å². The molecule has 1 saturated heterocycles. The number of aliphatic imine (C=N–C) groups is 1. The van der Waals surface area contributed by atoms with E-state index in [9.17, 15) is 13.2 Å². The fourth-order valence-corrected chi connectivity index (χ4v) is 3.07. The van der Waals surface area contributed by atoms with Gasteiger partial charge in [0, 0.05) is 38.8 Å². The van der Waals surface area contributed by atoms with Crippen LogP contribution in [0.4, 0.5) is 13.2 Å². The monoisotopic (exact) mass is 373 g/mol. The third-order valence-electron chi connectivity index (χ3n) is 4.67. The van der Waals surface area contributed by atoms with Crippen molar-refractivity contribution < 1.29 is 22.6 Å². The summed E-state index contributed by atoms with van der Waals surface area (Å²) in [6.45, 7) is 1.65. The molecule has 26 heavy (non-hydrogen) atoms. The van der Waals surface area contributed by atoms with Gasteiger partial charge in [-0.15, -0.1) is 0 Å². The van der Waals surface area contributed by atoms with Gasteiger partial charge in [0.2, 0.25) is 0 Å². The second-order valence-corrected chi connectivity index (χ2v) is 6.34. The van der Waals surface area contributed by atoms with E-state index in [1.165, 1.54) is 0 Å². The van der Waals surface area contributed by atoms with Crippen molar-refractivity contribution in [2.24, 2.45) is 4.99 Å². The molecule has 1 heterocycles. The standard InChI is InChI=1S/C18H26F3N3O2/c1-22-16(23-10-7-18(19,20)21)24-13-17(8-11-26-12-9-17)14-3-5-15(25-2)6-4-14/h3-6H,7-13H2,1-2H3,(H2,22,23,24). The van der Waals surface area contributed by atoms with Crippen LogP contribution in [-0.4, -0.2) is 52.6 Å². The van der Waals surface area contributed by atoms with Crippen LogP contribution < -0.4 is 15.4 Å². The Kier molecular flexibility index (Phi) is 7.14. The summed E-state index contributed by atoms with van der Waals surface area (Å²) in [7, 11) is 3.17. The van der Waals surface area contributed by atoms with E-state index in [0.29, 0.717) is 25.7 Å². The van der Waals surface area contributed by atoms with Crippen molar-refractivity contribution in [1.29, 1.82) is 0 Å². The van der Waals surface area contributed by atoms with Gasteiger partial charge in [0.25, 0.3) is 0 Å². The zero-order chi connectivity index (χ0) is 19.0. The molecule has 0 unspecified atom stereocenters. The molecule has 0 saturated carbocycles. The fraction of sp³-hybridized carbons (Fsp3) is 0.611. The molecule has 0 radical (unpaired) electrons. The van der Waals surface area contributed by atoms with E-state index >= 15 is 0 Å². The summed E-state index contributed by atoms with van der Waals surface area (Å²) in [4.78, 5) is 4.02. The minimum atomic E-state index is -4.18. The lowest BCUT2D eigenvalue weighted by Crippen LogP contribution is -2.48. The molecule has 1 aliphatic rings. The number of alkyl halides is 3. The molecule has 1 fully saturated rings. The Balaban J connectivity index is 2.02. The first kappa shape index (κ1) is 20.4. The maximum atomic E-state index is 12.3. The first-order chi connectivity index (χ1) is 12.4. The average molecular weight is 373 g/mol. The topological polar surface area (TPSA) is 54.9 Å². The molecule has 0 atom stereocenters. The van der Waals surface area contributed by atoms with E-state index in [4.69, 9.17) is 9.47 Å². The Morgan fingerprint density at radius 3 is 2.38 bits per heavy atom. The highest BCUT2D eigenvalue weighted by Crippen LogP contribution is 2.35. The van der Waals surface area contributed by atoms with Crippen molar-refractivity contribution in [2.75, 3.05) is 40.5 Å². The number of hydrogen-bond acceptors (Lipinski definition) is 3. The zero-order valence-electron chi connectivity index (χ0n) is 15.2. The first-order valence-corrected chi connectivity index (χ1v) is 8.62. The van der Waals surface area contributed by atoms with Crippen LogP contribution in [0.5, 0.6) is 5.75 Å². The molecule has 1 aliphatic heterocycles. The summed E-state index contributed by atoms with van der Waals surface area (Å²) in [6.07, 6.45) is -3.43. The molecule has 146 valence electrons. The Hall–Kier alpha value is -1.96. The number of halogens is 3. The third-order valence-corrected chi connectivity index (χ3v) is 4.67. The van der Waals surface area contributed by atoms with Crippen LogP contribution in [0.3, 0.4) is 0 Å². The second kappa shape index (κ2) is 9.12. The van der Waals surface area contributed by atoms with Crippen molar-refractivity contribution in [3.63, 3.8) is 0 Å². The Bertz CT molecular complexity index is 582. The summed E-state index contributed by atoms with van der Waals surface area (Å²) in [5, 5.41) is 5.90. The molecule has 8 heteroatoms. The van der Waals surface area contributed by atoms with E-state index in [1.807, 2.05) is 24.3 Å². The van der Waals surface area contributed by atoms with Crippen LogP contribution in [0.25, 0.3) is 0 Å².